The lowest BCUT2D eigenvalue weighted by Crippen LogP contribution is -2.41. The predicted octanol–water partition coefficient (Wildman–Crippen LogP) is 4.51. The summed E-state index contributed by atoms with van der Waals surface area (Å²) in [5, 5.41) is 6.94. The number of aryl methyl sites for hydroxylation is 1. The van der Waals surface area contributed by atoms with E-state index >= 15 is 0 Å². The SMILES string of the molecule is CN=C(NCc1cccc(N(C)C)c1)NCC1CCCOC1c1ccc(C)cc1.I. The van der Waals surface area contributed by atoms with E-state index < -0.39 is 0 Å². The van der Waals surface area contributed by atoms with Crippen molar-refractivity contribution in [3.63, 3.8) is 0 Å². The van der Waals surface area contributed by atoms with E-state index in [1.54, 1.807) is 0 Å². The molecule has 164 valence electrons. The normalized spacial score (nSPS) is 19.0. The van der Waals surface area contributed by atoms with E-state index in [9.17, 15) is 0 Å². The zero-order valence-electron chi connectivity index (χ0n) is 18.5. The van der Waals surface area contributed by atoms with Crippen molar-refractivity contribution in [2.75, 3.05) is 39.2 Å². The van der Waals surface area contributed by atoms with E-state index in [2.05, 4.69) is 90.1 Å². The number of hydrogen-bond acceptors (Lipinski definition) is 3. The van der Waals surface area contributed by atoms with Gasteiger partial charge in [0.1, 0.15) is 0 Å². The Morgan fingerprint density at radius 1 is 1.13 bits per heavy atom. The zero-order chi connectivity index (χ0) is 20.6. The molecule has 0 bridgehead atoms. The largest absolute Gasteiger partial charge is 0.378 e. The van der Waals surface area contributed by atoms with Crippen LogP contribution in [0.2, 0.25) is 0 Å². The third-order valence-corrected chi connectivity index (χ3v) is 5.49. The number of guanidine groups is 1. The minimum atomic E-state index is 0. The van der Waals surface area contributed by atoms with Crippen molar-refractivity contribution in [2.24, 2.45) is 10.9 Å². The van der Waals surface area contributed by atoms with Crippen LogP contribution in [-0.4, -0.2) is 40.3 Å². The van der Waals surface area contributed by atoms with Crippen LogP contribution in [-0.2, 0) is 11.3 Å². The fourth-order valence-corrected chi connectivity index (χ4v) is 3.76. The Morgan fingerprint density at radius 3 is 2.60 bits per heavy atom. The minimum Gasteiger partial charge on any atom is -0.378 e. The first-order chi connectivity index (χ1) is 14.1. The first-order valence-electron chi connectivity index (χ1n) is 10.5. The maximum absolute atomic E-state index is 6.14. The van der Waals surface area contributed by atoms with Gasteiger partial charge in [-0.05, 0) is 43.0 Å². The van der Waals surface area contributed by atoms with Crippen molar-refractivity contribution >= 4 is 35.6 Å². The van der Waals surface area contributed by atoms with Crippen molar-refractivity contribution in [2.45, 2.75) is 32.4 Å². The second-order valence-electron chi connectivity index (χ2n) is 7.98. The summed E-state index contributed by atoms with van der Waals surface area (Å²) in [6, 6.07) is 17.3. The van der Waals surface area contributed by atoms with Gasteiger partial charge in [0.25, 0.3) is 0 Å². The lowest BCUT2D eigenvalue weighted by atomic mass is 9.89. The first kappa shape index (κ1) is 24.5. The minimum absolute atomic E-state index is 0. The molecule has 3 rings (SSSR count). The highest BCUT2D eigenvalue weighted by Gasteiger charge is 2.27. The molecule has 2 aromatic rings. The van der Waals surface area contributed by atoms with E-state index in [0.717, 1.165) is 38.5 Å². The van der Waals surface area contributed by atoms with Gasteiger partial charge in [-0.1, -0.05) is 42.0 Å². The van der Waals surface area contributed by atoms with E-state index in [4.69, 9.17) is 4.74 Å². The zero-order valence-corrected chi connectivity index (χ0v) is 20.9. The highest BCUT2D eigenvalue weighted by molar-refractivity contribution is 14.0. The summed E-state index contributed by atoms with van der Waals surface area (Å²) >= 11 is 0. The molecule has 0 saturated carbocycles. The van der Waals surface area contributed by atoms with E-state index in [1.165, 1.54) is 22.4 Å². The highest BCUT2D eigenvalue weighted by Crippen LogP contribution is 2.33. The molecule has 1 fully saturated rings. The molecule has 0 aromatic heterocycles. The standard InChI is InChI=1S/C24H34N4O.HI/c1-18-10-12-20(13-11-18)23-21(8-6-14-29-23)17-27-24(25-2)26-16-19-7-5-9-22(15-19)28(3)4;/h5,7,9-13,15,21,23H,6,8,14,16-17H2,1-4H3,(H2,25,26,27);1H. The molecule has 30 heavy (non-hydrogen) atoms. The highest BCUT2D eigenvalue weighted by atomic mass is 127. The maximum atomic E-state index is 6.14. The molecule has 2 N–H and O–H groups in total. The van der Waals surface area contributed by atoms with Crippen LogP contribution in [0.3, 0.4) is 0 Å². The van der Waals surface area contributed by atoms with Gasteiger partial charge in [0.15, 0.2) is 5.96 Å². The molecule has 2 unspecified atom stereocenters. The Kier molecular flexibility index (Phi) is 9.91. The Bertz CT molecular complexity index is 807. The summed E-state index contributed by atoms with van der Waals surface area (Å²) in [6.07, 6.45) is 2.41. The average Bonchev–Trinajstić information content (AvgIpc) is 2.75. The quantitative estimate of drug-likeness (QED) is 0.333. The molecule has 1 aliphatic heterocycles. The molecular formula is C24H35IN4O. The summed E-state index contributed by atoms with van der Waals surface area (Å²) in [6.45, 7) is 4.54. The first-order valence-corrected chi connectivity index (χ1v) is 10.5. The van der Waals surface area contributed by atoms with Gasteiger partial charge in [0, 0.05) is 52.4 Å². The number of nitrogens with one attached hydrogen (secondary N) is 2. The summed E-state index contributed by atoms with van der Waals surface area (Å²) in [5.41, 5.74) is 4.98. The molecule has 0 radical (unpaired) electrons. The van der Waals surface area contributed by atoms with Crippen molar-refractivity contribution < 1.29 is 4.74 Å². The van der Waals surface area contributed by atoms with Crippen molar-refractivity contribution in [3.05, 3.63) is 65.2 Å². The lowest BCUT2D eigenvalue weighted by molar-refractivity contribution is -0.0265. The topological polar surface area (TPSA) is 48.9 Å². The molecule has 6 heteroatoms. The van der Waals surface area contributed by atoms with Gasteiger partial charge in [-0.15, -0.1) is 24.0 Å². The third-order valence-electron chi connectivity index (χ3n) is 5.49. The summed E-state index contributed by atoms with van der Waals surface area (Å²) in [5.74, 6) is 1.26. The molecule has 5 nitrogen and oxygen atoms in total. The van der Waals surface area contributed by atoms with Crippen LogP contribution in [0.5, 0.6) is 0 Å². The molecule has 0 amide bonds. The van der Waals surface area contributed by atoms with Gasteiger partial charge in [-0.2, -0.15) is 0 Å². The Morgan fingerprint density at radius 2 is 1.90 bits per heavy atom. The summed E-state index contributed by atoms with van der Waals surface area (Å²) < 4.78 is 6.14. The number of rotatable bonds is 6. The van der Waals surface area contributed by atoms with Crippen molar-refractivity contribution in [3.8, 4) is 0 Å². The number of nitrogens with zero attached hydrogens (tertiary/aromatic N) is 2. The second-order valence-corrected chi connectivity index (χ2v) is 7.98. The number of halogens is 1. The average molecular weight is 522 g/mol. The van der Waals surface area contributed by atoms with Gasteiger partial charge in [-0.3, -0.25) is 4.99 Å². The van der Waals surface area contributed by atoms with Crippen LogP contribution in [0.1, 0.15) is 35.6 Å². The van der Waals surface area contributed by atoms with Crippen LogP contribution in [0, 0.1) is 12.8 Å². The monoisotopic (exact) mass is 522 g/mol. The van der Waals surface area contributed by atoms with E-state index in [-0.39, 0.29) is 30.1 Å². The molecule has 0 aliphatic carbocycles. The van der Waals surface area contributed by atoms with Gasteiger partial charge in [0.05, 0.1) is 6.10 Å². The smallest absolute Gasteiger partial charge is 0.191 e. The predicted molar refractivity (Wildman–Crippen MR) is 137 cm³/mol. The Balaban J connectivity index is 0.00000320. The lowest BCUT2D eigenvalue weighted by Gasteiger charge is -2.32. The molecular weight excluding hydrogens is 487 g/mol. The molecule has 0 spiro atoms. The molecule has 1 heterocycles. The van der Waals surface area contributed by atoms with Crippen LogP contribution in [0.4, 0.5) is 5.69 Å². The fourth-order valence-electron chi connectivity index (χ4n) is 3.76. The summed E-state index contributed by atoms with van der Waals surface area (Å²) in [4.78, 5) is 6.51. The number of anilines is 1. The number of hydrogen-bond donors (Lipinski definition) is 2. The second kappa shape index (κ2) is 12.2. The fraction of sp³-hybridized carbons (Fsp3) is 0.458. The molecule has 2 aromatic carbocycles. The van der Waals surface area contributed by atoms with Crippen LogP contribution < -0.4 is 15.5 Å². The van der Waals surface area contributed by atoms with Gasteiger partial charge in [0.2, 0.25) is 0 Å². The Hall–Kier alpha value is -1.80. The van der Waals surface area contributed by atoms with Gasteiger partial charge < -0.3 is 20.3 Å². The maximum Gasteiger partial charge on any atom is 0.191 e. The molecule has 1 saturated heterocycles. The van der Waals surface area contributed by atoms with E-state index in [1.807, 2.05) is 7.05 Å². The Labute approximate surface area is 198 Å². The van der Waals surface area contributed by atoms with Gasteiger partial charge in [-0.25, -0.2) is 0 Å². The van der Waals surface area contributed by atoms with Gasteiger partial charge >= 0.3 is 0 Å². The number of aliphatic imine (C=N–C) groups is 1. The molecule has 2 atom stereocenters. The van der Waals surface area contributed by atoms with Crippen LogP contribution >= 0.6 is 24.0 Å². The number of benzene rings is 2. The molecule has 1 aliphatic rings. The van der Waals surface area contributed by atoms with E-state index in [0.29, 0.717) is 5.92 Å². The van der Waals surface area contributed by atoms with Crippen molar-refractivity contribution in [1.29, 1.82) is 0 Å². The summed E-state index contributed by atoms with van der Waals surface area (Å²) in [7, 11) is 5.94. The van der Waals surface area contributed by atoms with Crippen LogP contribution in [0.15, 0.2) is 53.5 Å². The van der Waals surface area contributed by atoms with Crippen LogP contribution in [0.25, 0.3) is 0 Å². The third kappa shape index (κ3) is 6.87. The number of ether oxygens (including phenoxy) is 1. The van der Waals surface area contributed by atoms with Crippen molar-refractivity contribution in [1.82, 2.24) is 10.6 Å².